The number of ether oxygens (including phenoxy) is 1. The van der Waals surface area contributed by atoms with Gasteiger partial charge in [0, 0.05) is 0 Å². The number of aliphatic hydroxyl groups excluding tert-OH is 2. The molecule has 18 nitrogen and oxygen atoms in total. The number of fused-ring (bicyclic) bond motifs is 1. The average molecular weight is 525 g/mol. The molecule has 0 aliphatic carbocycles. The lowest BCUT2D eigenvalue weighted by Gasteiger charge is -2.19. The molecule has 0 spiro atoms. The molecule has 2 aromatic heterocycles. The average Bonchev–Trinajstić information content (AvgIpc) is 3.12. The fraction of sp³-hybridized carbons (Fsp3) is 0.500. The summed E-state index contributed by atoms with van der Waals surface area (Å²) in [6.45, 7) is -1.03. The summed E-state index contributed by atoms with van der Waals surface area (Å²) >= 11 is 0. The van der Waals surface area contributed by atoms with Gasteiger partial charge in [0.15, 0.2) is 23.2 Å². The molecular formula is C10H15FN5O13P3. The van der Waals surface area contributed by atoms with Gasteiger partial charge in [-0.15, -0.1) is 0 Å². The third-order valence-corrected chi connectivity index (χ3v) is 7.65. The molecule has 0 saturated carbocycles. The molecule has 0 amide bonds. The summed E-state index contributed by atoms with van der Waals surface area (Å²) in [6.07, 6.45) is -6.68. The maximum Gasteiger partial charge on any atom is 0.490 e. The molecule has 8 N–H and O–H groups in total. The van der Waals surface area contributed by atoms with Gasteiger partial charge in [-0.05, 0) is 0 Å². The third-order valence-electron chi connectivity index (χ3n) is 3.85. The number of hydrogen-bond donors (Lipinski definition) is 7. The van der Waals surface area contributed by atoms with Gasteiger partial charge in [-0.3, -0.25) is 9.09 Å². The van der Waals surface area contributed by atoms with Crippen molar-refractivity contribution >= 4 is 40.4 Å². The largest absolute Gasteiger partial charge is 0.490 e. The molecule has 6 atom stereocenters. The van der Waals surface area contributed by atoms with Gasteiger partial charge in [-0.2, -0.15) is 23.0 Å². The van der Waals surface area contributed by atoms with E-state index in [-0.39, 0.29) is 17.0 Å². The standard InChI is InChI=1S/C10H15FN5O13P3/c11-10-14-7(12)4-8(15-10)16(2-13-4)9-6(18)5(17)3(27-9)1-26-31(22,23)29-32(24,25)28-30(19,20)21/h2-3,5-6,9,17-18H,1H2,(H,22,23)(H,24,25)(H2,12,14,15)(H2,19,20,21)/t3-,5+,6?,9-/m1/s1. The second kappa shape index (κ2) is 8.73. The number of nitrogen functional groups attached to an aromatic ring is 1. The molecule has 0 radical (unpaired) electrons. The number of nitrogens with zero attached hydrogens (tertiary/aromatic N) is 4. The summed E-state index contributed by atoms with van der Waals surface area (Å²) in [5, 5.41) is 20.4. The number of anilines is 1. The van der Waals surface area contributed by atoms with E-state index in [4.69, 9.17) is 25.2 Å². The highest BCUT2D eigenvalue weighted by Gasteiger charge is 2.47. The highest BCUT2D eigenvalue weighted by molar-refractivity contribution is 7.66. The first-order valence-corrected chi connectivity index (χ1v) is 12.6. The van der Waals surface area contributed by atoms with Gasteiger partial charge in [0.25, 0.3) is 0 Å². The van der Waals surface area contributed by atoms with Crippen LogP contribution in [0.4, 0.5) is 10.2 Å². The molecule has 3 rings (SSSR count). The Labute approximate surface area is 175 Å². The molecule has 180 valence electrons. The second-order valence-corrected chi connectivity index (χ2v) is 10.6. The minimum absolute atomic E-state index is 0.0478. The molecule has 1 aliphatic rings. The molecule has 32 heavy (non-hydrogen) atoms. The van der Waals surface area contributed by atoms with Crippen LogP contribution in [0.1, 0.15) is 6.23 Å². The fourth-order valence-electron chi connectivity index (χ4n) is 2.66. The molecule has 1 fully saturated rings. The summed E-state index contributed by atoms with van der Waals surface area (Å²) in [4.78, 5) is 46.1. The molecule has 0 bridgehead atoms. The van der Waals surface area contributed by atoms with Crippen LogP contribution >= 0.6 is 23.5 Å². The van der Waals surface area contributed by atoms with E-state index in [2.05, 4.69) is 28.1 Å². The number of phosphoric ester groups is 1. The Balaban J connectivity index is 1.72. The molecular weight excluding hydrogens is 510 g/mol. The van der Waals surface area contributed by atoms with Crippen molar-refractivity contribution in [2.45, 2.75) is 24.5 Å². The second-order valence-electron chi connectivity index (χ2n) is 6.13. The van der Waals surface area contributed by atoms with Crippen LogP contribution in [0, 0.1) is 6.08 Å². The quantitative estimate of drug-likeness (QED) is 0.153. The molecule has 1 saturated heterocycles. The van der Waals surface area contributed by atoms with Crippen LogP contribution in [0.25, 0.3) is 11.2 Å². The molecule has 22 heteroatoms. The van der Waals surface area contributed by atoms with E-state index < -0.39 is 60.7 Å². The lowest BCUT2D eigenvalue weighted by molar-refractivity contribution is -0.0503. The first kappa shape index (κ1) is 25.2. The maximum absolute atomic E-state index is 13.5. The lowest BCUT2D eigenvalue weighted by atomic mass is 10.1. The zero-order valence-corrected chi connectivity index (χ0v) is 17.9. The number of halogens is 1. The first-order chi connectivity index (χ1) is 14.6. The Kier molecular flexibility index (Phi) is 6.88. The van der Waals surface area contributed by atoms with E-state index in [1.807, 2.05) is 0 Å². The fourth-order valence-corrected chi connectivity index (χ4v) is 5.69. The summed E-state index contributed by atoms with van der Waals surface area (Å²) in [5.41, 5.74) is 5.27. The normalized spacial score (nSPS) is 28.0. The van der Waals surface area contributed by atoms with Crippen LogP contribution in [-0.2, 0) is 31.6 Å². The van der Waals surface area contributed by atoms with E-state index >= 15 is 0 Å². The van der Waals surface area contributed by atoms with Gasteiger partial charge in [0.05, 0.1) is 12.9 Å². The molecule has 0 aromatic carbocycles. The van der Waals surface area contributed by atoms with Crippen molar-refractivity contribution in [2.24, 2.45) is 0 Å². The van der Waals surface area contributed by atoms with Gasteiger partial charge in [-0.25, -0.2) is 18.7 Å². The number of imidazole rings is 1. The zero-order valence-electron chi connectivity index (χ0n) is 15.2. The third kappa shape index (κ3) is 5.73. The van der Waals surface area contributed by atoms with Crippen LogP contribution < -0.4 is 5.73 Å². The predicted molar refractivity (Wildman–Crippen MR) is 95.4 cm³/mol. The monoisotopic (exact) mass is 525 g/mol. The van der Waals surface area contributed by atoms with E-state index in [1.165, 1.54) is 0 Å². The van der Waals surface area contributed by atoms with E-state index in [1.54, 1.807) is 0 Å². The lowest BCUT2D eigenvalue weighted by Crippen LogP contribution is -2.33. The highest BCUT2D eigenvalue weighted by Crippen LogP contribution is 2.66. The Hall–Kier alpha value is -1.43. The first-order valence-electron chi connectivity index (χ1n) is 8.04. The minimum Gasteiger partial charge on any atom is -0.387 e. The van der Waals surface area contributed by atoms with Crippen molar-refractivity contribution in [2.75, 3.05) is 12.3 Å². The maximum atomic E-state index is 13.5. The number of rotatable bonds is 8. The Morgan fingerprint density at radius 1 is 1.09 bits per heavy atom. The van der Waals surface area contributed by atoms with E-state index in [0.29, 0.717) is 0 Å². The van der Waals surface area contributed by atoms with Crippen molar-refractivity contribution in [1.82, 2.24) is 19.5 Å². The summed E-state index contributed by atoms with van der Waals surface area (Å²) in [5.74, 6) is -0.316. The van der Waals surface area contributed by atoms with E-state index in [0.717, 1.165) is 10.9 Å². The van der Waals surface area contributed by atoms with Crippen molar-refractivity contribution in [3.8, 4) is 0 Å². The van der Waals surface area contributed by atoms with Gasteiger partial charge >= 0.3 is 29.5 Å². The van der Waals surface area contributed by atoms with Crippen molar-refractivity contribution in [1.29, 1.82) is 0 Å². The Morgan fingerprint density at radius 3 is 2.38 bits per heavy atom. The van der Waals surface area contributed by atoms with Crippen molar-refractivity contribution < 1.29 is 65.8 Å². The Bertz CT molecular complexity index is 1160. The molecule has 1 aliphatic heterocycles. The smallest absolute Gasteiger partial charge is 0.387 e. The zero-order chi connectivity index (χ0) is 24.1. The Morgan fingerprint density at radius 2 is 1.75 bits per heavy atom. The highest BCUT2D eigenvalue weighted by atomic mass is 31.3. The molecule has 3 unspecified atom stereocenters. The predicted octanol–water partition coefficient (Wildman–Crippen LogP) is -1.49. The molecule has 2 aromatic rings. The van der Waals surface area contributed by atoms with Crippen LogP contribution in [0.2, 0.25) is 0 Å². The van der Waals surface area contributed by atoms with Gasteiger partial charge in [0.1, 0.15) is 18.3 Å². The van der Waals surface area contributed by atoms with Gasteiger partial charge in [0.2, 0.25) is 0 Å². The minimum atomic E-state index is -5.74. The van der Waals surface area contributed by atoms with Crippen LogP contribution in [0.15, 0.2) is 6.33 Å². The number of nitrogens with two attached hydrogens (primary N) is 1. The topological polar surface area (TPSA) is 279 Å². The number of phosphoric acid groups is 3. The number of hydrogen-bond acceptors (Lipinski definition) is 13. The summed E-state index contributed by atoms with van der Waals surface area (Å²) in [6, 6.07) is 0. The van der Waals surface area contributed by atoms with Gasteiger partial charge in [-0.1, -0.05) is 0 Å². The van der Waals surface area contributed by atoms with Crippen LogP contribution in [0.3, 0.4) is 0 Å². The summed E-state index contributed by atoms with van der Waals surface area (Å²) in [7, 11) is -16.8. The SMILES string of the molecule is Nc1nc(F)nc2c1ncn2[C@@H]1O[C@H](COP(=O)(O)OP(=O)(O)OP(=O)(O)O)[C@H](O)C1O. The molecule has 3 heterocycles. The number of aromatic nitrogens is 4. The van der Waals surface area contributed by atoms with E-state index in [9.17, 15) is 33.2 Å². The van der Waals surface area contributed by atoms with Crippen molar-refractivity contribution in [3.63, 3.8) is 0 Å². The van der Waals surface area contributed by atoms with Crippen molar-refractivity contribution in [3.05, 3.63) is 12.4 Å². The van der Waals surface area contributed by atoms with Crippen LogP contribution in [0.5, 0.6) is 0 Å². The van der Waals surface area contributed by atoms with Crippen LogP contribution in [-0.4, -0.2) is 74.2 Å². The van der Waals surface area contributed by atoms with Gasteiger partial charge < -0.3 is 40.3 Å². The number of aliphatic hydroxyl groups is 2. The summed E-state index contributed by atoms with van der Waals surface area (Å²) < 4.78 is 65.0.